The molecule has 1 amide bonds. The molecule has 2 atom stereocenters. The summed E-state index contributed by atoms with van der Waals surface area (Å²) in [6.45, 7) is 2.71. The third-order valence-corrected chi connectivity index (χ3v) is 2.71. The van der Waals surface area contributed by atoms with Crippen LogP contribution in [0.5, 0.6) is 0 Å². The second kappa shape index (κ2) is 2.47. The highest BCUT2D eigenvalue weighted by Gasteiger charge is 2.48. The van der Waals surface area contributed by atoms with Gasteiger partial charge in [-0.15, -0.1) is 0 Å². The molecule has 2 aliphatic rings. The quantitative estimate of drug-likeness (QED) is 0.430. The van der Waals surface area contributed by atoms with Gasteiger partial charge in [0.2, 0.25) is 0 Å². The Morgan fingerprint density at radius 1 is 1.58 bits per heavy atom. The summed E-state index contributed by atoms with van der Waals surface area (Å²) >= 11 is 0. The van der Waals surface area contributed by atoms with Crippen molar-refractivity contribution in [3.8, 4) is 0 Å². The maximum atomic E-state index is 11.2. The number of esters is 1. The average molecular weight is 169 g/mol. The molecule has 2 heterocycles. The smallest absolute Gasteiger partial charge is 0.375 e. The molecule has 0 bridgehead atoms. The first-order chi connectivity index (χ1) is 5.74. The molecule has 4 nitrogen and oxygen atoms in total. The third-order valence-electron chi connectivity index (χ3n) is 2.71. The Labute approximate surface area is 70.5 Å². The van der Waals surface area contributed by atoms with Crippen molar-refractivity contribution in [1.82, 2.24) is 4.90 Å². The lowest BCUT2D eigenvalue weighted by molar-refractivity contribution is -0.136. The molecule has 0 saturated carbocycles. The lowest BCUT2D eigenvalue weighted by Gasteiger charge is -2.12. The molecule has 0 radical (unpaired) electrons. The molecule has 2 rings (SSSR count). The fourth-order valence-corrected chi connectivity index (χ4v) is 2.01. The zero-order valence-corrected chi connectivity index (χ0v) is 6.95. The van der Waals surface area contributed by atoms with Crippen LogP contribution in [0.2, 0.25) is 0 Å². The van der Waals surface area contributed by atoms with Crippen LogP contribution >= 0.6 is 0 Å². The van der Waals surface area contributed by atoms with E-state index in [2.05, 4.69) is 4.74 Å². The van der Waals surface area contributed by atoms with Crippen LogP contribution in [0.3, 0.4) is 0 Å². The maximum Gasteiger partial charge on any atom is 0.418 e. The fraction of sp³-hybridized carbons (Fsp3) is 0.750. The largest absolute Gasteiger partial charge is 0.418 e. The van der Waals surface area contributed by atoms with Gasteiger partial charge in [0, 0.05) is 6.54 Å². The van der Waals surface area contributed by atoms with E-state index < -0.39 is 6.09 Å². The summed E-state index contributed by atoms with van der Waals surface area (Å²) < 4.78 is 4.51. The summed E-state index contributed by atoms with van der Waals surface area (Å²) in [7, 11) is 0. The molecule has 0 aromatic heterocycles. The normalized spacial score (nSPS) is 33.9. The van der Waals surface area contributed by atoms with Crippen molar-refractivity contribution in [3.63, 3.8) is 0 Å². The highest BCUT2D eigenvalue weighted by Crippen LogP contribution is 2.32. The summed E-state index contributed by atoms with van der Waals surface area (Å²) in [5.41, 5.74) is 0. The Bertz CT molecular complexity index is 238. The number of carbonyl (C=O) groups excluding carboxylic acids is 2. The predicted molar refractivity (Wildman–Crippen MR) is 40.4 cm³/mol. The van der Waals surface area contributed by atoms with Crippen LogP contribution in [0.4, 0.5) is 4.79 Å². The van der Waals surface area contributed by atoms with Crippen LogP contribution in [0, 0.1) is 5.92 Å². The summed E-state index contributed by atoms with van der Waals surface area (Å²) in [6.07, 6.45) is 1.41. The van der Waals surface area contributed by atoms with Crippen LogP contribution in [0.25, 0.3) is 0 Å². The van der Waals surface area contributed by atoms with E-state index in [1.807, 2.05) is 6.92 Å². The number of hydrogen-bond donors (Lipinski definition) is 0. The minimum Gasteiger partial charge on any atom is -0.375 e. The highest BCUT2D eigenvalue weighted by molar-refractivity contribution is 5.96. The lowest BCUT2D eigenvalue weighted by atomic mass is 9.98. The summed E-state index contributed by atoms with van der Waals surface area (Å²) in [6, 6.07) is -0.275. The van der Waals surface area contributed by atoms with Crippen molar-refractivity contribution in [2.24, 2.45) is 5.92 Å². The second-order valence-electron chi connectivity index (χ2n) is 3.28. The summed E-state index contributed by atoms with van der Waals surface area (Å²) in [5.74, 6) is -0.0479. The average Bonchev–Trinajstić information content (AvgIpc) is 2.55. The standard InChI is InChI=1S/C8H11NO3/c1-2-5-3-4-9-6(5)7(10)12-8(9)11/h5-6H,2-4H2,1H3/t5-,6-/m1/s1. The molecule has 0 aromatic rings. The Morgan fingerprint density at radius 3 is 3.00 bits per heavy atom. The lowest BCUT2D eigenvalue weighted by Crippen LogP contribution is -2.32. The molecule has 0 aliphatic carbocycles. The van der Waals surface area contributed by atoms with Gasteiger partial charge in [-0.05, 0) is 12.3 Å². The van der Waals surface area contributed by atoms with Gasteiger partial charge in [0.25, 0.3) is 0 Å². The summed E-state index contributed by atoms with van der Waals surface area (Å²) in [5, 5.41) is 0. The molecule has 2 aliphatic heterocycles. The van der Waals surface area contributed by atoms with E-state index in [1.54, 1.807) is 0 Å². The number of fused-ring (bicyclic) bond motifs is 1. The van der Waals surface area contributed by atoms with Gasteiger partial charge in [-0.25, -0.2) is 9.59 Å². The summed E-state index contributed by atoms with van der Waals surface area (Å²) in [4.78, 5) is 23.7. The molecule has 0 N–H and O–H groups in total. The Balaban J connectivity index is 2.22. The fourth-order valence-electron chi connectivity index (χ4n) is 2.01. The Hall–Kier alpha value is -1.06. The number of amides is 1. The van der Waals surface area contributed by atoms with Crippen LogP contribution in [-0.4, -0.2) is 29.5 Å². The van der Waals surface area contributed by atoms with Gasteiger partial charge in [-0.3, -0.25) is 4.90 Å². The number of cyclic esters (lactones) is 2. The molecule has 66 valence electrons. The maximum absolute atomic E-state index is 11.2. The van der Waals surface area contributed by atoms with Crippen LogP contribution < -0.4 is 0 Å². The molecular weight excluding hydrogens is 158 g/mol. The zero-order valence-electron chi connectivity index (χ0n) is 6.95. The zero-order chi connectivity index (χ0) is 8.72. The molecular formula is C8H11NO3. The predicted octanol–water partition coefficient (Wildman–Crippen LogP) is 0.764. The van der Waals surface area contributed by atoms with Crippen molar-refractivity contribution in [2.75, 3.05) is 6.54 Å². The molecule has 0 spiro atoms. The molecule has 0 unspecified atom stereocenters. The second-order valence-corrected chi connectivity index (χ2v) is 3.28. The van der Waals surface area contributed by atoms with Crippen molar-refractivity contribution in [1.29, 1.82) is 0 Å². The van der Waals surface area contributed by atoms with Crippen molar-refractivity contribution >= 4 is 12.1 Å². The van der Waals surface area contributed by atoms with Crippen molar-refractivity contribution in [3.05, 3.63) is 0 Å². The van der Waals surface area contributed by atoms with Crippen LogP contribution in [0.15, 0.2) is 0 Å². The molecule has 4 heteroatoms. The van der Waals surface area contributed by atoms with Crippen molar-refractivity contribution < 1.29 is 14.3 Å². The van der Waals surface area contributed by atoms with Gasteiger partial charge in [-0.1, -0.05) is 13.3 Å². The highest BCUT2D eigenvalue weighted by atomic mass is 16.6. The van der Waals surface area contributed by atoms with E-state index in [4.69, 9.17) is 0 Å². The first-order valence-electron chi connectivity index (χ1n) is 4.26. The SMILES string of the molecule is CC[C@@H]1CCN2C(=O)OC(=O)[C@@H]12. The minimum atomic E-state index is -0.457. The van der Waals surface area contributed by atoms with Crippen LogP contribution in [-0.2, 0) is 9.53 Å². The third kappa shape index (κ3) is 0.838. The first-order valence-corrected chi connectivity index (χ1v) is 4.26. The molecule has 12 heavy (non-hydrogen) atoms. The number of hydrogen-bond acceptors (Lipinski definition) is 3. The van der Waals surface area contributed by atoms with E-state index >= 15 is 0 Å². The first kappa shape index (κ1) is 7.58. The topological polar surface area (TPSA) is 46.6 Å². The monoisotopic (exact) mass is 169 g/mol. The van der Waals surface area contributed by atoms with Gasteiger partial charge in [0.05, 0.1) is 0 Å². The minimum absolute atomic E-state index is 0.275. The van der Waals surface area contributed by atoms with E-state index in [0.29, 0.717) is 12.5 Å². The van der Waals surface area contributed by atoms with Crippen molar-refractivity contribution in [2.45, 2.75) is 25.8 Å². The molecule has 2 saturated heterocycles. The Kier molecular flexibility index (Phi) is 1.56. The van der Waals surface area contributed by atoms with Gasteiger partial charge in [0.15, 0.2) is 0 Å². The number of ether oxygens (including phenoxy) is 1. The number of nitrogens with zero attached hydrogens (tertiary/aromatic N) is 1. The van der Waals surface area contributed by atoms with E-state index in [-0.39, 0.29) is 12.0 Å². The van der Waals surface area contributed by atoms with Gasteiger partial charge >= 0.3 is 12.1 Å². The van der Waals surface area contributed by atoms with Gasteiger partial charge in [-0.2, -0.15) is 0 Å². The van der Waals surface area contributed by atoms with Gasteiger partial charge < -0.3 is 4.74 Å². The van der Waals surface area contributed by atoms with Crippen LogP contribution in [0.1, 0.15) is 19.8 Å². The number of carbonyl (C=O) groups is 2. The van der Waals surface area contributed by atoms with Gasteiger partial charge in [0.1, 0.15) is 6.04 Å². The van der Waals surface area contributed by atoms with E-state index in [1.165, 1.54) is 4.90 Å². The molecule has 0 aromatic carbocycles. The van der Waals surface area contributed by atoms with E-state index in [9.17, 15) is 9.59 Å². The Morgan fingerprint density at radius 2 is 2.33 bits per heavy atom. The number of rotatable bonds is 1. The van der Waals surface area contributed by atoms with E-state index in [0.717, 1.165) is 12.8 Å². The molecule has 2 fully saturated rings.